The number of likely N-dealkylation sites (tertiary alicyclic amines) is 1. The van der Waals surface area contributed by atoms with E-state index in [1.807, 2.05) is 0 Å². The average molecular weight is 474 g/mol. The van der Waals surface area contributed by atoms with Crippen LogP contribution >= 0.6 is 0 Å². The summed E-state index contributed by atoms with van der Waals surface area (Å²) in [6.45, 7) is 6.61. The number of quaternary nitrogens is 1. The third-order valence-corrected chi connectivity index (χ3v) is 6.48. The number of halogens is 5. The fourth-order valence-corrected chi connectivity index (χ4v) is 4.37. The molecule has 0 spiro atoms. The van der Waals surface area contributed by atoms with E-state index in [-0.39, 0.29) is 0 Å². The van der Waals surface area contributed by atoms with Crippen molar-refractivity contribution in [2.24, 2.45) is 0 Å². The predicted octanol–water partition coefficient (Wildman–Crippen LogP) is 5.65. The van der Waals surface area contributed by atoms with Crippen molar-refractivity contribution in [1.29, 1.82) is 0 Å². The first-order valence-corrected chi connectivity index (χ1v) is 12.2. The molecule has 31 heavy (non-hydrogen) atoms. The lowest BCUT2D eigenvalue weighted by atomic mass is 10.1. The Balaban J connectivity index is 0.000000311. The molecular formula is C21H32F5NO3S. The van der Waals surface area contributed by atoms with Crippen molar-refractivity contribution < 1.29 is 39.4 Å². The monoisotopic (exact) mass is 473 g/mol. The van der Waals surface area contributed by atoms with Crippen LogP contribution < -0.4 is 0 Å². The molecule has 1 heterocycles. The zero-order chi connectivity index (χ0) is 23.7. The third-order valence-electron chi connectivity index (χ3n) is 5.62. The topological polar surface area (TPSA) is 57.2 Å². The van der Waals surface area contributed by atoms with Gasteiger partial charge in [-0.25, -0.2) is 30.4 Å². The van der Waals surface area contributed by atoms with Gasteiger partial charge in [-0.1, -0.05) is 45.4 Å². The molecule has 180 valence electrons. The van der Waals surface area contributed by atoms with Gasteiger partial charge >= 0.3 is 0 Å². The minimum Gasteiger partial charge on any atom is -0.744 e. The molecule has 1 aliphatic rings. The molecule has 0 saturated carbocycles. The molecule has 0 radical (unpaired) electrons. The maximum Gasteiger partial charge on any atom is 0.200 e. The Morgan fingerprint density at radius 2 is 1.13 bits per heavy atom. The highest BCUT2D eigenvalue weighted by Gasteiger charge is 2.29. The normalized spacial score (nSPS) is 15.6. The molecule has 1 aromatic carbocycles. The lowest BCUT2D eigenvalue weighted by molar-refractivity contribution is -0.897. The Hall–Kier alpha value is -1.26. The molecule has 4 nitrogen and oxygen atoms in total. The van der Waals surface area contributed by atoms with E-state index in [0.29, 0.717) is 0 Å². The van der Waals surface area contributed by atoms with E-state index in [2.05, 4.69) is 14.0 Å². The molecule has 0 aliphatic carbocycles. The number of nitrogens with zero attached hydrogens (tertiary/aromatic N) is 1. The number of benzene rings is 1. The summed E-state index contributed by atoms with van der Waals surface area (Å²) in [5, 5.41) is 0. The second-order valence-corrected chi connectivity index (χ2v) is 9.64. The molecule has 0 N–H and O–H groups in total. The maximum absolute atomic E-state index is 12.6. The van der Waals surface area contributed by atoms with Gasteiger partial charge in [0, 0.05) is 12.8 Å². The Morgan fingerprint density at radius 3 is 1.55 bits per heavy atom. The quantitative estimate of drug-likeness (QED) is 0.110. The molecule has 10 heteroatoms. The van der Waals surface area contributed by atoms with Crippen molar-refractivity contribution in [3.63, 3.8) is 0 Å². The molecule has 0 bridgehead atoms. The maximum atomic E-state index is 12.6. The van der Waals surface area contributed by atoms with Gasteiger partial charge in [0.1, 0.15) is 15.0 Å². The van der Waals surface area contributed by atoms with Gasteiger partial charge in [0.25, 0.3) is 0 Å². The highest BCUT2D eigenvalue weighted by atomic mass is 32.2. The van der Waals surface area contributed by atoms with Crippen molar-refractivity contribution in [2.45, 2.75) is 76.0 Å². The number of unbranched alkanes of at least 4 members (excludes halogenated alkanes) is 7. The van der Waals surface area contributed by atoms with Crippen LogP contribution in [0.1, 0.15) is 71.1 Å². The van der Waals surface area contributed by atoms with E-state index in [9.17, 15) is 34.9 Å². The predicted molar refractivity (Wildman–Crippen MR) is 107 cm³/mol. The van der Waals surface area contributed by atoms with E-state index >= 15 is 0 Å². The van der Waals surface area contributed by atoms with Crippen LogP contribution in [0.5, 0.6) is 0 Å². The first-order valence-electron chi connectivity index (χ1n) is 10.8. The molecule has 0 atom stereocenters. The lowest BCUT2D eigenvalue weighted by Crippen LogP contribution is -2.41. The molecule has 0 aromatic heterocycles. The summed E-state index contributed by atoms with van der Waals surface area (Å²) in [6, 6.07) is 0. The van der Waals surface area contributed by atoms with E-state index in [1.165, 1.54) is 88.3 Å². The Kier molecular flexibility index (Phi) is 11.4. The zero-order valence-electron chi connectivity index (χ0n) is 18.2. The van der Waals surface area contributed by atoms with Crippen molar-refractivity contribution in [3.8, 4) is 0 Å². The third kappa shape index (κ3) is 8.65. The molecule has 0 amide bonds. The van der Waals surface area contributed by atoms with Crippen molar-refractivity contribution in [3.05, 3.63) is 29.1 Å². The second-order valence-electron chi connectivity index (χ2n) is 8.33. The molecule has 2 rings (SSSR count). The van der Waals surface area contributed by atoms with Crippen LogP contribution in [0.2, 0.25) is 0 Å². The summed E-state index contributed by atoms with van der Waals surface area (Å²) >= 11 is 0. The van der Waals surface area contributed by atoms with Crippen LogP contribution in [0.3, 0.4) is 0 Å². The van der Waals surface area contributed by atoms with Crippen LogP contribution in [-0.4, -0.2) is 44.1 Å². The SMILES string of the molecule is CCCCCCCCCC[N+]1(C)CCCC1.O=S(=O)([O-])c1c(F)c(F)c(F)c(F)c1F. The Morgan fingerprint density at radius 1 is 0.742 bits per heavy atom. The van der Waals surface area contributed by atoms with Crippen LogP contribution in [0.15, 0.2) is 4.90 Å². The van der Waals surface area contributed by atoms with Crippen molar-refractivity contribution >= 4 is 10.1 Å². The molecule has 1 aromatic rings. The fraction of sp³-hybridized carbons (Fsp3) is 0.714. The summed E-state index contributed by atoms with van der Waals surface area (Å²) < 4.78 is 94.3. The summed E-state index contributed by atoms with van der Waals surface area (Å²) in [5.41, 5.74) is 0. The van der Waals surface area contributed by atoms with E-state index in [4.69, 9.17) is 0 Å². The van der Waals surface area contributed by atoms with Crippen molar-refractivity contribution in [1.82, 2.24) is 0 Å². The average Bonchev–Trinajstić information content (AvgIpc) is 3.13. The van der Waals surface area contributed by atoms with Crippen LogP contribution in [0.4, 0.5) is 22.0 Å². The number of rotatable bonds is 10. The summed E-state index contributed by atoms with van der Waals surface area (Å²) in [4.78, 5) is -2.38. The molecule has 0 unspecified atom stereocenters. The van der Waals surface area contributed by atoms with Gasteiger partial charge in [0.05, 0.1) is 26.7 Å². The fourth-order valence-electron chi connectivity index (χ4n) is 3.75. The van der Waals surface area contributed by atoms with Gasteiger partial charge in [-0.05, 0) is 12.8 Å². The smallest absolute Gasteiger partial charge is 0.200 e. The second kappa shape index (κ2) is 12.7. The van der Waals surface area contributed by atoms with Crippen LogP contribution in [0, 0.1) is 29.1 Å². The van der Waals surface area contributed by atoms with E-state index in [1.54, 1.807) is 0 Å². The molecule has 1 fully saturated rings. The highest BCUT2D eigenvalue weighted by molar-refractivity contribution is 7.85. The number of hydrogen-bond donors (Lipinski definition) is 0. The van der Waals surface area contributed by atoms with Crippen LogP contribution in [-0.2, 0) is 10.1 Å². The van der Waals surface area contributed by atoms with Gasteiger partial charge in [0.15, 0.2) is 23.3 Å². The first kappa shape index (κ1) is 27.8. The lowest BCUT2D eigenvalue weighted by Gasteiger charge is -2.29. The van der Waals surface area contributed by atoms with Crippen molar-refractivity contribution in [2.75, 3.05) is 26.7 Å². The van der Waals surface area contributed by atoms with Gasteiger partial charge in [-0.2, -0.15) is 0 Å². The van der Waals surface area contributed by atoms with Gasteiger partial charge in [0.2, 0.25) is 5.82 Å². The minimum absolute atomic E-state index is 1.37. The Bertz CT molecular complexity index is 783. The largest absolute Gasteiger partial charge is 0.744 e. The van der Waals surface area contributed by atoms with Gasteiger partial charge in [-0.15, -0.1) is 0 Å². The summed E-state index contributed by atoms with van der Waals surface area (Å²) in [7, 11) is -3.32. The Labute approximate surface area is 181 Å². The molecule has 1 aliphatic heterocycles. The highest BCUT2D eigenvalue weighted by Crippen LogP contribution is 2.26. The summed E-state index contributed by atoms with van der Waals surface area (Å²) in [5.74, 6) is -12.8. The zero-order valence-corrected chi connectivity index (χ0v) is 19.0. The van der Waals surface area contributed by atoms with E-state index < -0.39 is 44.1 Å². The van der Waals surface area contributed by atoms with Gasteiger partial charge < -0.3 is 9.04 Å². The molecule has 1 saturated heterocycles. The van der Waals surface area contributed by atoms with Crippen LogP contribution in [0.25, 0.3) is 0 Å². The standard InChI is InChI=1S/C15H32N.C6HF5O3S/c1-3-4-5-6-7-8-9-10-13-16(2)14-11-12-15-16;7-1-2(8)4(10)6(15(12,13)14)5(11)3(1)9/h3-15H2,1-2H3;(H,12,13,14)/q+1;/p-1. The minimum atomic E-state index is -5.77. The summed E-state index contributed by atoms with van der Waals surface area (Å²) in [6.07, 6.45) is 14.6. The number of hydrogen-bond acceptors (Lipinski definition) is 3. The molecular weight excluding hydrogens is 441 g/mol. The van der Waals surface area contributed by atoms with Gasteiger partial charge in [-0.3, -0.25) is 0 Å². The first-order chi connectivity index (χ1) is 14.4. The van der Waals surface area contributed by atoms with E-state index in [0.717, 1.165) is 0 Å².